The second-order valence-corrected chi connectivity index (χ2v) is 4.05. The minimum atomic E-state index is 0.00963. The summed E-state index contributed by atoms with van der Waals surface area (Å²) in [6.07, 6.45) is 0.674. The van der Waals surface area contributed by atoms with Crippen LogP contribution in [0.15, 0.2) is 0 Å². The van der Waals surface area contributed by atoms with E-state index in [1.54, 1.807) is 18.7 Å². The zero-order valence-electron chi connectivity index (χ0n) is 8.97. The van der Waals surface area contributed by atoms with Crippen LogP contribution in [0.25, 0.3) is 0 Å². The van der Waals surface area contributed by atoms with E-state index in [0.717, 1.165) is 11.3 Å². The summed E-state index contributed by atoms with van der Waals surface area (Å²) in [5.74, 6) is 0.194. The fourth-order valence-corrected chi connectivity index (χ4v) is 1.61. The lowest BCUT2D eigenvalue weighted by molar-refractivity contribution is -0.120. The van der Waals surface area contributed by atoms with E-state index in [0.29, 0.717) is 11.6 Å². The molecule has 3 nitrogen and oxygen atoms in total. The molecular weight excluding hydrogens is 200 g/mol. The Hall–Kier alpha value is -0.830. The molecule has 14 heavy (non-hydrogen) atoms. The molecule has 0 radical (unpaired) electrons. The molecule has 1 unspecified atom stereocenters. The molecule has 0 aliphatic heterocycles. The summed E-state index contributed by atoms with van der Waals surface area (Å²) < 4.78 is 1.64. The molecule has 0 amide bonds. The number of hydrogen-bond donors (Lipinski definition) is 0. The molecule has 0 saturated carbocycles. The van der Waals surface area contributed by atoms with Crippen LogP contribution in [0.3, 0.4) is 0 Å². The van der Waals surface area contributed by atoms with E-state index in [-0.39, 0.29) is 11.7 Å². The first-order valence-corrected chi connectivity index (χ1v) is 4.99. The predicted molar refractivity (Wildman–Crippen MR) is 56.5 cm³/mol. The number of hydrogen-bond acceptors (Lipinski definition) is 2. The van der Waals surface area contributed by atoms with Crippen molar-refractivity contribution in [3.8, 4) is 0 Å². The number of carbonyl (C=O) groups excluding carboxylic acids is 1. The van der Waals surface area contributed by atoms with Crippen molar-refractivity contribution in [1.82, 2.24) is 9.78 Å². The smallest absolute Gasteiger partial charge is 0.132 e. The highest BCUT2D eigenvalue weighted by atomic mass is 35.5. The fraction of sp³-hybridized carbons (Fsp3) is 0.600. The molecule has 1 aromatic heterocycles. The molecule has 0 fully saturated rings. The molecule has 0 bridgehead atoms. The molecule has 0 aromatic carbocycles. The maximum Gasteiger partial charge on any atom is 0.132 e. The van der Waals surface area contributed by atoms with Gasteiger partial charge in [-0.2, -0.15) is 5.10 Å². The topological polar surface area (TPSA) is 34.9 Å². The Kier molecular flexibility index (Phi) is 3.32. The quantitative estimate of drug-likeness (QED) is 0.773. The molecule has 1 atom stereocenters. The van der Waals surface area contributed by atoms with Crippen LogP contribution >= 0.6 is 11.6 Å². The Morgan fingerprint density at radius 2 is 2.21 bits per heavy atom. The zero-order valence-corrected chi connectivity index (χ0v) is 9.72. The zero-order chi connectivity index (χ0) is 10.9. The van der Waals surface area contributed by atoms with Gasteiger partial charge in [0.2, 0.25) is 0 Å². The summed E-state index contributed by atoms with van der Waals surface area (Å²) in [7, 11) is 1.80. The molecule has 0 aliphatic carbocycles. The average molecular weight is 215 g/mol. The molecule has 0 N–H and O–H groups in total. The van der Waals surface area contributed by atoms with Gasteiger partial charge in [-0.05, 0) is 20.3 Å². The molecule has 1 heterocycles. The lowest BCUT2D eigenvalue weighted by Gasteiger charge is -2.06. The van der Waals surface area contributed by atoms with Crippen molar-refractivity contribution in [2.45, 2.75) is 27.2 Å². The van der Waals surface area contributed by atoms with Gasteiger partial charge in [0.25, 0.3) is 0 Å². The van der Waals surface area contributed by atoms with E-state index in [4.69, 9.17) is 11.6 Å². The highest BCUT2D eigenvalue weighted by Crippen LogP contribution is 2.22. The van der Waals surface area contributed by atoms with Gasteiger partial charge in [-0.3, -0.25) is 9.48 Å². The molecule has 1 aromatic rings. The summed E-state index contributed by atoms with van der Waals surface area (Å²) >= 11 is 6.05. The molecule has 78 valence electrons. The average Bonchev–Trinajstić information content (AvgIpc) is 2.32. The fourth-order valence-electron chi connectivity index (χ4n) is 1.36. The lowest BCUT2D eigenvalue weighted by Crippen LogP contribution is -2.10. The number of aromatic nitrogens is 2. The van der Waals surface area contributed by atoms with Gasteiger partial charge in [-0.15, -0.1) is 0 Å². The van der Waals surface area contributed by atoms with Gasteiger partial charge in [0.05, 0.1) is 5.69 Å². The maximum atomic E-state index is 11.1. The van der Waals surface area contributed by atoms with Gasteiger partial charge in [-0.1, -0.05) is 18.5 Å². The van der Waals surface area contributed by atoms with Crippen LogP contribution < -0.4 is 0 Å². The van der Waals surface area contributed by atoms with Crippen LogP contribution in [-0.4, -0.2) is 15.6 Å². The van der Waals surface area contributed by atoms with Gasteiger partial charge < -0.3 is 0 Å². The normalized spacial score (nSPS) is 12.9. The Morgan fingerprint density at radius 1 is 1.64 bits per heavy atom. The summed E-state index contributed by atoms with van der Waals surface area (Å²) in [5.41, 5.74) is 1.89. The van der Waals surface area contributed by atoms with Crippen molar-refractivity contribution in [1.29, 1.82) is 0 Å². The molecule has 4 heteroatoms. The third kappa shape index (κ3) is 2.15. The largest absolute Gasteiger partial charge is 0.300 e. The summed E-state index contributed by atoms with van der Waals surface area (Å²) in [4.78, 5) is 11.1. The highest BCUT2D eigenvalue weighted by molar-refractivity contribution is 6.30. The molecule has 0 spiro atoms. The first-order valence-electron chi connectivity index (χ1n) is 4.62. The van der Waals surface area contributed by atoms with Gasteiger partial charge in [0.15, 0.2) is 0 Å². The van der Waals surface area contributed by atoms with Crippen LogP contribution in [0.1, 0.15) is 25.1 Å². The number of nitrogens with zero attached hydrogens (tertiary/aromatic N) is 2. The van der Waals surface area contributed by atoms with Crippen molar-refractivity contribution < 1.29 is 4.79 Å². The summed E-state index contributed by atoms with van der Waals surface area (Å²) in [5, 5.41) is 4.83. The molecule has 1 rings (SSSR count). The summed E-state index contributed by atoms with van der Waals surface area (Å²) in [6.45, 7) is 5.42. The third-order valence-electron chi connectivity index (χ3n) is 2.47. The third-order valence-corrected chi connectivity index (χ3v) is 2.95. The van der Waals surface area contributed by atoms with E-state index >= 15 is 0 Å². The maximum absolute atomic E-state index is 11.1. The first-order chi connectivity index (χ1) is 6.43. The van der Waals surface area contributed by atoms with E-state index in [9.17, 15) is 4.79 Å². The first kappa shape index (κ1) is 11.2. The Labute approximate surface area is 89.1 Å². The Balaban J connectivity index is 2.91. The van der Waals surface area contributed by atoms with E-state index in [1.165, 1.54) is 0 Å². The van der Waals surface area contributed by atoms with E-state index in [1.807, 2.05) is 13.8 Å². The van der Waals surface area contributed by atoms with Crippen molar-refractivity contribution in [2.24, 2.45) is 13.0 Å². The second-order valence-electron chi connectivity index (χ2n) is 3.69. The number of carbonyl (C=O) groups is 1. The molecule has 0 saturated heterocycles. The monoisotopic (exact) mass is 214 g/mol. The Morgan fingerprint density at radius 3 is 2.57 bits per heavy atom. The van der Waals surface area contributed by atoms with Crippen LogP contribution in [0.4, 0.5) is 0 Å². The van der Waals surface area contributed by atoms with Crippen molar-refractivity contribution >= 4 is 17.4 Å². The molecule has 0 aliphatic rings. The Bertz CT molecular complexity index is 357. The number of Topliss-reactive ketones (excluding diaryl/α,β-unsaturated/α-hetero) is 1. The minimum absolute atomic E-state index is 0.00963. The molecular formula is C10H15ClN2O. The van der Waals surface area contributed by atoms with Crippen LogP contribution in [0.2, 0.25) is 5.15 Å². The van der Waals surface area contributed by atoms with E-state index in [2.05, 4.69) is 5.10 Å². The van der Waals surface area contributed by atoms with Crippen LogP contribution in [-0.2, 0) is 18.3 Å². The van der Waals surface area contributed by atoms with Gasteiger partial charge in [0.1, 0.15) is 10.9 Å². The van der Waals surface area contributed by atoms with Gasteiger partial charge in [-0.25, -0.2) is 0 Å². The van der Waals surface area contributed by atoms with Crippen molar-refractivity contribution in [2.75, 3.05) is 0 Å². The van der Waals surface area contributed by atoms with Gasteiger partial charge in [0, 0.05) is 18.5 Å². The van der Waals surface area contributed by atoms with Crippen LogP contribution in [0, 0.1) is 12.8 Å². The van der Waals surface area contributed by atoms with Crippen molar-refractivity contribution in [3.63, 3.8) is 0 Å². The van der Waals surface area contributed by atoms with E-state index < -0.39 is 0 Å². The standard InChI is InChI=1S/C10H15ClN2O/c1-6(8(3)14)5-9-7(2)12-13(4)10(9)11/h6H,5H2,1-4H3. The number of rotatable bonds is 3. The number of ketones is 1. The summed E-state index contributed by atoms with van der Waals surface area (Å²) in [6, 6.07) is 0. The van der Waals surface area contributed by atoms with Crippen LogP contribution in [0.5, 0.6) is 0 Å². The SMILES string of the molecule is CC(=O)C(C)Cc1c(C)nn(C)c1Cl. The number of aryl methyl sites for hydroxylation is 2. The minimum Gasteiger partial charge on any atom is -0.300 e. The highest BCUT2D eigenvalue weighted by Gasteiger charge is 2.16. The number of halogens is 1. The predicted octanol–water partition coefficient (Wildman–Crippen LogP) is 2.15. The van der Waals surface area contributed by atoms with Gasteiger partial charge >= 0.3 is 0 Å². The lowest BCUT2D eigenvalue weighted by atomic mass is 9.98. The second kappa shape index (κ2) is 4.13. The van der Waals surface area contributed by atoms with Crippen molar-refractivity contribution in [3.05, 3.63) is 16.4 Å².